The molecule has 0 N–H and O–H groups in total. The molecule has 0 amide bonds. The molecule has 1 aliphatic carbocycles. The smallest absolute Gasteiger partial charge is 0.306 e. The van der Waals surface area contributed by atoms with Gasteiger partial charge in [-0.15, -0.1) is 0 Å². The number of carbonyl (C=O) groups excluding carboxylic acids is 2. The Hall–Kier alpha value is -3.02. The fraction of sp³-hybridized carbons (Fsp3) is 0.333. The third-order valence-electron chi connectivity index (χ3n) is 5.24. The monoisotopic (exact) mass is 367 g/mol. The molecule has 6 heteroatoms. The van der Waals surface area contributed by atoms with Gasteiger partial charge in [0.15, 0.2) is 5.78 Å². The van der Waals surface area contributed by atoms with Gasteiger partial charge in [-0.3, -0.25) is 19.7 Å². The highest BCUT2D eigenvalue weighted by Crippen LogP contribution is 2.43. The molecule has 0 bridgehead atoms. The van der Waals surface area contributed by atoms with E-state index in [0.717, 1.165) is 16.7 Å². The SMILES string of the molecule is CCOC(=O)CC1(CC)Cc2cc(-c3ccc([N+](=O)[O-])cc3)ccc2C1=O. The van der Waals surface area contributed by atoms with Crippen LogP contribution in [0.25, 0.3) is 11.1 Å². The number of ketones is 1. The Bertz CT molecular complexity index is 903. The number of nitro groups is 1. The lowest BCUT2D eigenvalue weighted by Crippen LogP contribution is -2.31. The van der Waals surface area contributed by atoms with Crippen LogP contribution in [-0.4, -0.2) is 23.3 Å². The van der Waals surface area contributed by atoms with Crippen molar-refractivity contribution in [2.45, 2.75) is 33.1 Å². The second-order valence-electron chi connectivity index (χ2n) is 6.80. The Morgan fingerprint density at radius 3 is 2.41 bits per heavy atom. The van der Waals surface area contributed by atoms with Crippen LogP contribution in [0.4, 0.5) is 5.69 Å². The topological polar surface area (TPSA) is 86.5 Å². The van der Waals surface area contributed by atoms with Crippen LogP contribution >= 0.6 is 0 Å². The fourth-order valence-corrected chi connectivity index (χ4v) is 3.69. The summed E-state index contributed by atoms with van der Waals surface area (Å²) in [6, 6.07) is 11.9. The Labute approximate surface area is 157 Å². The highest BCUT2D eigenvalue weighted by atomic mass is 16.6. The number of nitro benzene ring substituents is 1. The largest absolute Gasteiger partial charge is 0.466 e. The number of hydrogen-bond acceptors (Lipinski definition) is 5. The normalized spacial score (nSPS) is 18.2. The van der Waals surface area contributed by atoms with Crippen LogP contribution in [0.3, 0.4) is 0 Å². The summed E-state index contributed by atoms with van der Waals surface area (Å²) in [5, 5.41) is 10.8. The molecule has 1 atom stereocenters. The van der Waals surface area contributed by atoms with Crippen LogP contribution in [0.15, 0.2) is 42.5 Å². The van der Waals surface area contributed by atoms with E-state index < -0.39 is 10.3 Å². The van der Waals surface area contributed by atoms with Gasteiger partial charge in [-0.05, 0) is 48.6 Å². The summed E-state index contributed by atoms with van der Waals surface area (Å²) in [5.74, 6) is -0.362. The van der Waals surface area contributed by atoms with Crippen molar-refractivity contribution in [2.75, 3.05) is 6.61 Å². The zero-order valence-corrected chi connectivity index (χ0v) is 15.4. The number of rotatable bonds is 6. The average molecular weight is 367 g/mol. The van der Waals surface area contributed by atoms with Crippen molar-refractivity contribution in [3.05, 3.63) is 63.7 Å². The van der Waals surface area contributed by atoms with Crippen molar-refractivity contribution in [1.82, 2.24) is 0 Å². The molecule has 0 saturated carbocycles. The fourth-order valence-electron chi connectivity index (χ4n) is 3.69. The molecule has 0 fully saturated rings. The maximum Gasteiger partial charge on any atom is 0.306 e. The van der Waals surface area contributed by atoms with Crippen LogP contribution in [0.2, 0.25) is 0 Å². The van der Waals surface area contributed by atoms with Gasteiger partial charge in [-0.1, -0.05) is 25.1 Å². The van der Waals surface area contributed by atoms with E-state index in [2.05, 4.69) is 0 Å². The van der Waals surface area contributed by atoms with E-state index in [9.17, 15) is 19.7 Å². The third kappa shape index (κ3) is 3.47. The minimum Gasteiger partial charge on any atom is -0.466 e. The highest BCUT2D eigenvalue weighted by Gasteiger charge is 2.45. The van der Waals surface area contributed by atoms with Crippen molar-refractivity contribution >= 4 is 17.4 Å². The van der Waals surface area contributed by atoms with Crippen molar-refractivity contribution < 1.29 is 19.2 Å². The molecular weight excluding hydrogens is 346 g/mol. The van der Waals surface area contributed by atoms with Crippen molar-refractivity contribution in [3.8, 4) is 11.1 Å². The van der Waals surface area contributed by atoms with Gasteiger partial charge in [0.1, 0.15) is 0 Å². The van der Waals surface area contributed by atoms with E-state index in [4.69, 9.17) is 4.74 Å². The summed E-state index contributed by atoms with van der Waals surface area (Å²) in [6.07, 6.45) is 1.14. The predicted molar refractivity (Wildman–Crippen MR) is 101 cm³/mol. The lowest BCUT2D eigenvalue weighted by atomic mass is 9.78. The number of nitrogens with zero attached hydrogens (tertiary/aromatic N) is 1. The minimum atomic E-state index is -0.747. The van der Waals surface area contributed by atoms with Gasteiger partial charge in [0.05, 0.1) is 18.0 Å². The quantitative estimate of drug-likeness (QED) is 0.430. The van der Waals surface area contributed by atoms with Gasteiger partial charge in [0, 0.05) is 23.1 Å². The zero-order chi connectivity index (χ0) is 19.6. The number of ether oxygens (including phenoxy) is 1. The number of fused-ring (bicyclic) bond motifs is 1. The number of Topliss-reactive ketones (excluding diaryl/α,β-unsaturated/α-hetero) is 1. The lowest BCUT2D eigenvalue weighted by Gasteiger charge is -2.24. The van der Waals surface area contributed by atoms with Crippen LogP contribution in [0.5, 0.6) is 0 Å². The maximum absolute atomic E-state index is 13.0. The van der Waals surface area contributed by atoms with Crippen molar-refractivity contribution in [3.63, 3.8) is 0 Å². The summed E-state index contributed by atoms with van der Waals surface area (Å²) in [6.45, 7) is 3.96. The first-order chi connectivity index (χ1) is 12.9. The molecule has 0 heterocycles. The number of benzene rings is 2. The van der Waals surface area contributed by atoms with E-state index >= 15 is 0 Å². The summed E-state index contributed by atoms with van der Waals surface area (Å²) in [5.41, 5.74) is 2.57. The summed E-state index contributed by atoms with van der Waals surface area (Å²) in [7, 11) is 0. The van der Waals surface area contributed by atoms with Gasteiger partial charge in [-0.25, -0.2) is 0 Å². The van der Waals surface area contributed by atoms with E-state index in [-0.39, 0.29) is 23.9 Å². The second kappa shape index (κ2) is 7.31. The van der Waals surface area contributed by atoms with Crippen LogP contribution in [-0.2, 0) is 16.0 Å². The first-order valence-electron chi connectivity index (χ1n) is 8.98. The van der Waals surface area contributed by atoms with E-state index in [1.807, 2.05) is 19.1 Å². The van der Waals surface area contributed by atoms with Gasteiger partial charge in [0.2, 0.25) is 0 Å². The average Bonchev–Trinajstić information content (AvgIpc) is 2.93. The zero-order valence-electron chi connectivity index (χ0n) is 15.4. The number of non-ortho nitro benzene ring substituents is 1. The van der Waals surface area contributed by atoms with Gasteiger partial charge < -0.3 is 4.74 Å². The number of carbonyl (C=O) groups is 2. The molecule has 2 aromatic rings. The molecule has 2 aromatic carbocycles. The Morgan fingerprint density at radius 1 is 1.15 bits per heavy atom. The summed E-state index contributed by atoms with van der Waals surface area (Å²) in [4.78, 5) is 35.4. The molecule has 0 aliphatic heterocycles. The van der Waals surface area contributed by atoms with Crippen molar-refractivity contribution in [2.24, 2.45) is 5.41 Å². The van der Waals surface area contributed by atoms with Crippen LogP contribution in [0.1, 0.15) is 42.6 Å². The predicted octanol–water partition coefficient (Wildman–Crippen LogP) is 4.35. The molecule has 0 aromatic heterocycles. The molecule has 1 aliphatic rings. The van der Waals surface area contributed by atoms with E-state index in [1.165, 1.54) is 12.1 Å². The standard InChI is InChI=1S/C21H21NO5/c1-3-21(13-19(23)27-4-2)12-16-11-15(7-10-18(16)20(21)24)14-5-8-17(9-6-14)22(25)26/h5-11H,3-4,12-13H2,1-2H3. The van der Waals surface area contributed by atoms with Crippen molar-refractivity contribution in [1.29, 1.82) is 0 Å². The molecular formula is C21H21NO5. The van der Waals surface area contributed by atoms with E-state index in [0.29, 0.717) is 25.0 Å². The highest BCUT2D eigenvalue weighted by molar-refractivity contribution is 6.06. The summed E-state index contributed by atoms with van der Waals surface area (Å²) < 4.78 is 5.06. The Kier molecular flexibility index (Phi) is 5.08. The second-order valence-corrected chi connectivity index (χ2v) is 6.80. The molecule has 0 saturated heterocycles. The first-order valence-corrected chi connectivity index (χ1v) is 8.98. The lowest BCUT2D eigenvalue weighted by molar-refractivity contribution is -0.384. The molecule has 6 nitrogen and oxygen atoms in total. The Balaban J connectivity index is 1.90. The van der Waals surface area contributed by atoms with Gasteiger partial charge in [0.25, 0.3) is 5.69 Å². The molecule has 27 heavy (non-hydrogen) atoms. The van der Waals surface area contributed by atoms with Gasteiger partial charge in [-0.2, -0.15) is 0 Å². The van der Waals surface area contributed by atoms with Gasteiger partial charge >= 0.3 is 5.97 Å². The first kappa shape index (κ1) is 18.8. The van der Waals surface area contributed by atoms with Crippen LogP contribution < -0.4 is 0 Å². The molecule has 0 radical (unpaired) electrons. The maximum atomic E-state index is 13.0. The molecule has 0 spiro atoms. The van der Waals surface area contributed by atoms with E-state index in [1.54, 1.807) is 25.1 Å². The molecule has 140 valence electrons. The third-order valence-corrected chi connectivity index (χ3v) is 5.24. The molecule has 3 rings (SSSR count). The minimum absolute atomic E-state index is 0.0108. The Morgan fingerprint density at radius 2 is 1.81 bits per heavy atom. The molecule has 1 unspecified atom stereocenters. The number of esters is 1. The number of hydrogen-bond donors (Lipinski definition) is 0. The summed E-state index contributed by atoms with van der Waals surface area (Å²) >= 11 is 0. The van der Waals surface area contributed by atoms with Crippen LogP contribution in [0, 0.1) is 15.5 Å².